The van der Waals surface area contributed by atoms with Gasteiger partial charge in [0.2, 0.25) is 5.91 Å². The van der Waals surface area contributed by atoms with Crippen LogP contribution in [0.2, 0.25) is 0 Å². The Hall–Kier alpha value is -3.29. The van der Waals surface area contributed by atoms with Crippen LogP contribution < -0.4 is 5.56 Å². The average molecular weight is 434 g/mol. The molecule has 1 saturated heterocycles. The third kappa shape index (κ3) is 4.09. The van der Waals surface area contributed by atoms with Gasteiger partial charge in [0, 0.05) is 44.6 Å². The fourth-order valence-electron chi connectivity index (χ4n) is 4.76. The second-order valence-electron chi connectivity index (χ2n) is 9.04. The van der Waals surface area contributed by atoms with E-state index in [0.717, 1.165) is 12.8 Å². The molecule has 1 amide bonds. The lowest BCUT2D eigenvalue weighted by molar-refractivity contribution is -0.133. The van der Waals surface area contributed by atoms with Crippen LogP contribution >= 0.6 is 0 Å². The molecule has 5 rings (SSSR count). The molecule has 1 atom stereocenters. The van der Waals surface area contributed by atoms with Crippen molar-refractivity contribution in [1.82, 2.24) is 24.6 Å². The minimum absolute atomic E-state index is 0.0685. The number of carbonyl (C=O) groups excluding carboxylic acids is 2. The number of hydrogen-bond donors (Lipinski definition) is 1. The first-order valence-electron chi connectivity index (χ1n) is 11.3. The van der Waals surface area contributed by atoms with Gasteiger partial charge in [0.05, 0.1) is 22.7 Å². The number of nitrogens with zero attached hydrogens (tertiary/aromatic N) is 4. The smallest absolute Gasteiger partial charge is 0.258 e. The van der Waals surface area contributed by atoms with Gasteiger partial charge < -0.3 is 9.88 Å². The van der Waals surface area contributed by atoms with E-state index >= 15 is 0 Å². The topological polar surface area (TPSA) is 101 Å². The molecular formula is C24H27N5O3. The minimum Gasteiger partial charge on any atom is -0.343 e. The molecule has 8 heteroatoms. The number of likely N-dealkylation sites (tertiary alicyclic amines) is 1. The summed E-state index contributed by atoms with van der Waals surface area (Å²) in [6.45, 7) is 1.16. The Bertz CT molecular complexity index is 1220. The number of rotatable bonds is 6. The lowest BCUT2D eigenvalue weighted by Gasteiger charge is -2.32. The van der Waals surface area contributed by atoms with Gasteiger partial charge in [-0.05, 0) is 43.7 Å². The molecule has 8 nitrogen and oxygen atoms in total. The van der Waals surface area contributed by atoms with Crippen LogP contribution in [-0.4, -0.2) is 49.4 Å². The number of aryl methyl sites for hydroxylation is 1. The zero-order chi connectivity index (χ0) is 22.2. The zero-order valence-electron chi connectivity index (χ0n) is 18.2. The van der Waals surface area contributed by atoms with Gasteiger partial charge in [-0.1, -0.05) is 12.1 Å². The van der Waals surface area contributed by atoms with Crippen LogP contribution in [0.25, 0.3) is 10.9 Å². The number of aromatic nitrogens is 4. The molecule has 2 aromatic heterocycles. The first kappa shape index (κ1) is 20.6. The summed E-state index contributed by atoms with van der Waals surface area (Å²) < 4.78 is 1.63. The van der Waals surface area contributed by atoms with Crippen molar-refractivity contribution in [1.29, 1.82) is 0 Å². The largest absolute Gasteiger partial charge is 0.343 e. The molecular weight excluding hydrogens is 406 g/mol. The van der Waals surface area contributed by atoms with Crippen molar-refractivity contribution >= 4 is 22.6 Å². The van der Waals surface area contributed by atoms with E-state index in [1.165, 1.54) is 0 Å². The molecule has 0 radical (unpaired) electrons. The third-order valence-electron chi connectivity index (χ3n) is 6.78. The molecule has 3 heterocycles. The maximum Gasteiger partial charge on any atom is 0.258 e. The summed E-state index contributed by atoms with van der Waals surface area (Å²) in [5.41, 5.74) is 1.15. The second kappa shape index (κ2) is 8.33. The van der Waals surface area contributed by atoms with E-state index < -0.39 is 0 Å². The lowest BCUT2D eigenvalue weighted by Crippen LogP contribution is -2.41. The van der Waals surface area contributed by atoms with Crippen molar-refractivity contribution < 1.29 is 9.59 Å². The van der Waals surface area contributed by atoms with Crippen LogP contribution in [0.5, 0.6) is 0 Å². The van der Waals surface area contributed by atoms with E-state index in [1.807, 2.05) is 23.1 Å². The Morgan fingerprint density at radius 2 is 1.91 bits per heavy atom. The Labute approximate surface area is 185 Å². The summed E-state index contributed by atoms with van der Waals surface area (Å²) in [4.78, 5) is 47.8. The summed E-state index contributed by atoms with van der Waals surface area (Å²) in [7, 11) is 1.80. The highest BCUT2D eigenvalue weighted by molar-refractivity contribution is 5.97. The van der Waals surface area contributed by atoms with Crippen LogP contribution in [-0.2, 0) is 11.8 Å². The van der Waals surface area contributed by atoms with Gasteiger partial charge in [0.25, 0.3) is 5.56 Å². The maximum atomic E-state index is 13.1. The molecule has 1 aliphatic carbocycles. The maximum absolute atomic E-state index is 13.1. The van der Waals surface area contributed by atoms with Crippen LogP contribution in [0.3, 0.4) is 0 Å². The number of benzene rings is 1. The van der Waals surface area contributed by atoms with Crippen molar-refractivity contribution in [2.75, 3.05) is 13.1 Å². The Morgan fingerprint density at radius 1 is 1.16 bits per heavy atom. The minimum atomic E-state index is -0.154. The van der Waals surface area contributed by atoms with Gasteiger partial charge in [-0.2, -0.15) is 5.10 Å². The van der Waals surface area contributed by atoms with E-state index in [1.54, 1.807) is 30.2 Å². The Kier molecular flexibility index (Phi) is 5.36. The fraction of sp³-hybridized carbons (Fsp3) is 0.458. The number of ketones is 1. The lowest BCUT2D eigenvalue weighted by atomic mass is 9.89. The third-order valence-corrected chi connectivity index (χ3v) is 6.78. The molecule has 1 aromatic carbocycles. The van der Waals surface area contributed by atoms with Crippen LogP contribution in [0.1, 0.15) is 54.2 Å². The van der Waals surface area contributed by atoms with Crippen molar-refractivity contribution in [3.8, 4) is 0 Å². The summed E-state index contributed by atoms with van der Waals surface area (Å²) in [5, 5.41) is 4.65. The molecule has 2 aliphatic rings. The van der Waals surface area contributed by atoms with Gasteiger partial charge in [-0.3, -0.25) is 19.1 Å². The molecule has 1 unspecified atom stereocenters. The van der Waals surface area contributed by atoms with Crippen molar-refractivity contribution in [3.05, 3.63) is 58.4 Å². The number of aromatic amines is 1. The molecule has 2 fully saturated rings. The van der Waals surface area contributed by atoms with E-state index in [0.29, 0.717) is 60.6 Å². The number of amides is 1. The van der Waals surface area contributed by atoms with Crippen LogP contribution in [0.4, 0.5) is 0 Å². The Balaban J connectivity index is 1.26. The number of Topliss-reactive ketones (excluding diaryl/α,β-unsaturated/α-hetero) is 1. The van der Waals surface area contributed by atoms with Gasteiger partial charge >= 0.3 is 0 Å². The van der Waals surface area contributed by atoms with Crippen molar-refractivity contribution in [3.63, 3.8) is 0 Å². The van der Waals surface area contributed by atoms with E-state index in [-0.39, 0.29) is 29.1 Å². The molecule has 166 valence electrons. The molecule has 32 heavy (non-hydrogen) atoms. The number of carbonyl (C=O) groups is 2. The number of fused-ring (bicyclic) bond motifs is 1. The second-order valence-corrected chi connectivity index (χ2v) is 9.04. The van der Waals surface area contributed by atoms with Crippen LogP contribution in [0.15, 0.2) is 41.5 Å². The van der Waals surface area contributed by atoms with Gasteiger partial charge in [0.1, 0.15) is 5.82 Å². The number of piperidine rings is 1. The van der Waals surface area contributed by atoms with Gasteiger partial charge in [-0.25, -0.2) is 4.98 Å². The highest BCUT2D eigenvalue weighted by Gasteiger charge is 2.37. The van der Waals surface area contributed by atoms with E-state index in [2.05, 4.69) is 15.1 Å². The summed E-state index contributed by atoms with van der Waals surface area (Å²) in [6.07, 6.45) is 7.13. The summed E-state index contributed by atoms with van der Waals surface area (Å²) in [5.74, 6) is 1.04. The average Bonchev–Trinajstić information content (AvgIpc) is 3.56. The first-order valence-corrected chi connectivity index (χ1v) is 11.3. The molecule has 1 N–H and O–H groups in total. The van der Waals surface area contributed by atoms with Crippen LogP contribution in [0, 0.1) is 11.8 Å². The standard InChI is InChI=1S/C24H27N5O3/c1-28-14-17(13-25-28)22(31)16-8-10-29(11-9-16)21(30)12-19(15-6-7-15)23-26-20-5-3-2-4-18(20)24(32)27-23/h2-5,13-16,19H,6-12H2,1H3,(H,26,27,32). The van der Waals surface area contributed by atoms with Crippen molar-refractivity contribution in [2.24, 2.45) is 18.9 Å². The van der Waals surface area contributed by atoms with Gasteiger partial charge in [-0.15, -0.1) is 0 Å². The SMILES string of the molecule is Cn1cc(C(=O)C2CCN(C(=O)CC(c3nc4ccccc4c(=O)[nH]3)C3CC3)CC2)cn1. The molecule has 3 aromatic rings. The fourth-order valence-corrected chi connectivity index (χ4v) is 4.76. The van der Waals surface area contributed by atoms with Gasteiger partial charge in [0.15, 0.2) is 5.78 Å². The number of hydrogen-bond acceptors (Lipinski definition) is 5. The monoisotopic (exact) mass is 433 g/mol. The molecule has 1 saturated carbocycles. The Morgan fingerprint density at radius 3 is 2.59 bits per heavy atom. The molecule has 0 spiro atoms. The number of para-hydroxylation sites is 1. The van der Waals surface area contributed by atoms with E-state index in [4.69, 9.17) is 0 Å². The summed E-state index contributed by atoms with van der Waals surface area (Å²) >= 11 is 0. The molecule has 0 bridgehead atoms. The normalized spacial score (nSPS) is 18.1. The summed E-state index contributed by atoms with van der Waals surface area (Å²) in [6, 6.07) is 7.29. The first-order chi connectivity index (χ1) is 15.5. The highest BCUT2D eigenvalue weighted by atomic mass is 16.2. The zero-order valence-corrected chi connectivity index (χ0v) is 18.2. The number of nitrogens with one attached hydrogen (secondary N) is 1. The van der Waals surface area contributed by atoms with Crippen molar-refractivity contribution in [2.45, 2.75) is 38.0 Å². The quantitative estimate of drug-likeness (QED) is 0.603. The molecule has 1 aliphatic heterocycles. The predicted molar refractivity (Wildman–Crippen MR) is 119 cm³/mol. The van der Waals surface area contributed by atoms with E-state index in [9.17, 15) is 14.4 Å². The highest BCUT2D eigenvalue weighted by Crippen LogP contribution is 2.43. The number of H-pyrrole nitrogens is 1. The predicted octanol–water partition coefficient (Wildman–Crippen LogP) is 2.66.